The summed E-state index contributed by atoms with van der Waals surface area (Å²) in [7, 11) is 0. The highest BCUT2D eigenvalue weighted by atomic mass is 35.5. The van der Waals surface area contributed by atoms with Gasteiger partial charge in [-0.15, -0.1) is 0 Å². The second kappa shape index (κ2) is 6.17. The molecule has 1 aromatic heterocycles. The predicted octanol–water partition coefficient (Wildman–Crippen LogP) is 3.42. The van der Waals surface area contributed by atoms with E-state index in [1.807, 2.05) is 11.5 Å². The summed E-state index contributed by atoms with van der Waals surface area (Å²) in [5, 5.41) is 3.31. The van der Waals surface area contributed by atoms with Gasteiger partial charge in [-0.3, -0.25) is 9.59 Å². The molecule has 0 fully saturated rings. The molecule has 2 aliphatic heterocycles. The van der Waals surface area contributed by atoms with Crippen LogP contribution in [0, 0.1) is 0 Å². The van der Waals surface area contributed by atoms with Crippen molar-refractivity contribution >= 4 is 34.1 Å². The number of pyridine rings is 1. The van der Waals surface area contributed by atoms with Crippen LogP contribution in [0.25, 0.3) is 10.9 Å². The first-order valence-electron chi connectivity index (χ1n) is 8.74. The summed E-state index contributed by atoms with van der Waals surface area (Å²) in [6, 6.07) is 8.40. The zero-order valence-electron chi connectivity index (χ0n) is 14.8. The molecule has 2 aromatic carbocycles. The Labute approximate surface area is 164 Å². The molecule has 8 heteroatoms. The van der Waals surface area contributed by atoms with E-state index < -0.39 is 11.3 Å². The number of carbonyl (C=O) groups is 1. The maximum atomic E-state index is 13.0. The zero-order chi connectivity index (χ0) is 19.4. The van der Waals surface area contributed by atoms with Crippen molar-refractivity contribution in [3.05, 3.63) is 57.3 Å². The van der Waals surface area contributed by atoms with E-state index in [1.165, 1.54) is 0 Å². The van der Waals surface area contributed by atoms with Crippen molar-refractivity contribution in [3.63, 3.8) is 0 Å². The van der Waals surface area contributed by atoms with Gasteiger partial charge in [0.25, 0.3) is 5.91 Å². The Morgan fingerprint density at radius 3 is 2.82 bits per heavy atom. The zero-order valence-corrected chi connectivity index (χ0v) is 15.6. The van der Waals surface area contributed by atoms with Crippen molar-refractivity contribution < 1.29 is 19.0 Å². The highest BCUT2D eigenvalue weighted by Crippen LogP contribution is 2.35. The molecular weight excluding hydrogens is 384 g/mol. The number of hydrogen-bond donors (Lipinski definition) is 1. The van der Waals surface area contributed by atoms with Crippen LogP contribution < -0.4 is 25.0 Å². The van der Waals surface area contributed by atoms with Gasteiger partial charge in [-0.05, 0) is 31.2 Å². The first kappa shape index (κ1) is 16.9. The average molecular weight is 399 g/mol. The number of benzene rings is 2. The minimum atomic E-state index is -0.518. The van der Waals surface area contributed by atoms with Crippen LogP contribution in [0.2, 0.25) is 5.02 Å². The smallest absolute Gasteiger partial charge is 0.261 e. The number of aromatic nitrogens is 1. The Balaban J connectivity index is 1.59. The number of nitrogens with zero attached hydrogens (tertiary/aromatic N) is 1. The normalized spacial score (nSPS) is 16.7. The second-order valence-corrected chi connectivity index (χ2v) is 7.15. The summed E-state index contributed by atoms with van der Waals surface area (Å²) >= 11 is 6.29. The van der Waals surface area contributed by atoms with Gasteiger partial charge in [0, 0.05) is 18.0 Å². The molecule has 0 saturated carbocycles. The summed E-state index contributed by atoms with van der Waals surface area (Å²) in [6.45, 7) is 2.57. The van der Waals surface area contributed by atoms with Crippen LogP contribution in [0.15, 0.2) is 41.3 Å². The van der Waals surface area contributed by atoms with Crippen molar-refractivity contribution in [2.75, 3.05) is 12.1 Å². The van der Waals surface area contributed by atoms with Gasteiger partial charge in [0.1, 0.15) is 17.4 Å². The number of hydrogen-bond acceptors (Lipinski definition) is 5. The van der Waals surface area contributed by atoms with E-state index >= 15 is 0 Å². The second-order valence-electron chi connectivity index (χ2n) is 6.74. The lowest BCUT2D eigenvalue weighted by Gasteiger charge is -2.26. The lowest BCUT2D eigenvalue weighted by atomic mass is 10.1. The Kier molecular flexibility index (Phi) is 3.73. The molecule has 0 saturated heterocycles. The minimum Gasteiger partial charge on any atom is -0.487 e. The summed E-state index contributed by atoms with van der Waals surface area (Å²) in [6.07, 6.45) is 1.47. The number of amides is 1. The van der Waals surface area contributed by atoms with Crippen molar-refractivity contribution in [2.45, 2.75) is 19.6 Å². The van der Waals surface area contributed by atoms with Crippen LogP contribution in [0.1, 0.15) is 17.3 Å². The lowest BCUT2D eigenvalue weighted by molar-refractivity contribution is 0.102. The molecule has 3 aromatic rings. The van der Waals surface area contributed by atoms with Crippen LogP contribution in [0.5, 0.6) is 17.2 Å². The van der Waals surface area contributed by atoms with Gasteiger partial charge in [0.2, 0.25) is 12.2 Å². The number of rotatable bonds is 2. The van der Waals surface area contributed by atoms with Crippen LogP contribution in [-0.2, 0) is 6.54 Å². The van der Waals surface area contributed by atoms with Crippen molar-refractivity contribution in [2.24, 2.45) is 0 Å². The molecule has 0 spiro atoms. The maximum absolute atomic E-state index is 13.0. The minimum absolute atomic E-state index is 0.0123. The van der Waals surface area contributed by atoms with Gasteiger partial charge >= 0.3 is 0 Å². The van der Waals surface area contributed by atoms with Crippen LogP contribution in [0.3, 0.4) is 0 Å². The molecule has 28 heavy (non-hydrogen) atoms. The maximum Gasteiger partial charge on any atom is 0.261 e. The van der Waals surface area contributed by atoms with E-state index in [0.29, 0.717) is 35.0 Å². The summed E-state index contributed by atoms with van der Waals surface area (Å²) in [4.78, 5) is 25.9. The molecule has 142 valence electrons. The third-order valence-corrected chi connectivity index (χ3v) is 5.11. The SMILES string of the molecule is CC1Cn2cc(C(=O)Nc3ccc4c(c3)OCO4)c(=O)c3c(Cl)ccc(c32)O1. The van der Waals surface area contributed by atoms with Crippen molar-refractivity contribution in [3.8, 4) is 17.2 Å². The molecule has 3 heterocycles. The fourth-order valence-electron chi connectivity index (χ4n) is 3.57. The van der Waals surface area contributed by atoms with Gasteiger partial charge in [-0.2, -0.15) is 0 Å². The standard InChI is InChI=1S/C20H15ClN2O5/c1-10-7-23-8-12(19(24)17-13(21)3-5-15(28-10)18(17)23)20(25)22-11-2-4-14-16(6-11)27-9-26-14/h2-6,8,10H,7,9H2,1H3,(H,22,25). The largest absolute Gasteiger partial charge is 0.487 e. The molecule has 0 radical (unpaired) electrons. The Morgan fingerprint density at radius 2 is 1.96 bits per heavy atom. The Hall–Kier alpha value is -3.19. The first-order chi connectivity index (χ1) is 13.5. The van der Waals surface area contributed by atoms with Gasteiger partial charge in [0.05, 0.1) is 22.5 Å². The third kappa shape index (κ3) is 2.58. The number of anilines is 1. The Morgan fingerprint density at radius 1 is 1.18 bits per heavy atom. The molecular formula is C20H15ClN2O5. The molecule has 1 N–H and O–H groups in total. The molecule has 0 aliphatic carbocycles. The quantitative estimate of drug-likeness (QED) is 0.715. The lowest BCUT2D eigenvalue weighted by Crippen LogP contribution is -2.30. The van der Waals surface area contributed by atoms with E-state index in [0.717, 1.165) is 0 Å². The fraction of sp³-hybridized carbons (Fsp3) is 0.200. The van der Waals surface area contributed by atoms with Crippen LogP contribution in [0.4, 0.5) is 5.69 Å². The van der Waals surface area contributed by atoms with Gasteiger partial charge in [0.15, 0.2) is 11.5 Å². The van der Waals surface area contributed by atoms with Crippen LogP contribution in [-0.4, -0.2) is 23.4 Å². The summed E-state index contributed by atoms with van der Waals surface area (Å²) < 4.78 is 18.2. The van der Waals surface area contributed by atoms with E-state index in [1.54, 1.807) is 36.5 Å². The number of carbonyl (C=O) groups excluding carboxylic acids is 1. The van der Waals surface area contributed by atoms with Crippen LogP contribution >= 0.6 is 11.6 Å². The van der Waals surface area contributed by atoms with Gasteiger partial charge in [-0.1, -0.05) is 11.6 Å². The molecule has 1 unspecified atom stereocenters. The molecule has 5 rings (SSSR count). The van der Waals surface area contributed by atoms with Crippen molar-refractivity contribution in [1.29, 1.82) is 0 Å². The average Bonchev–Trinajstić information content (AvgIpc) is 3.13. The monoisotopic (exact) mass is 398 g/mol. The van der Waals surface area contributed by atoms with E-state index in [4.69, 9.17) is 25.8 Å². The van der Waals surface area contributed by atoms with Gasteiger partial charge < -0.3 is 24.1 Å². The number of fused-ring (bicyclic) bond motifs is 1. The van der Waals surface area contributed by atoms with Gasteiger partial charge in [-0.25, -0.2) is 0 Å². The molecule has 2 aliphatic rings. The summed E-state index contributed by atoms with van der Waals surface area (Å²) in [5.41, 5.74) is 0.687. The third-order valence-electron chi connectivity index (χ3n) is 4.79. The Bertz CT molecular complexity index is 1200. The summed E-state index contributed by atoms with van der Waals surface area (Å²) in [5.74, 6) is 1.22. The fourth-order valence-corrected chi connectivity index (χ4v) is 3.81. The van der Waals surface area contributed by atoms with E-state index in [2.05, 4.69) is 5.32 Å². The number of ether oxygens (including phenoxy) is 3. The van der Waals surface area contributed by atoms with E-state index in [9.17, 15) is 9.59 Å². The highest BCUT2D eigenvalue weighted by Gasteiger charge is 2.25. The molecule has 7 nitrogen and oxygen atoms in total. The predicted molar refractivity (Wildman–Crippen MR) is 104 cm³/mol. The molecule has 1 amide bonds. The topological polar surface area (TPSA) is 78.8 Å². The first-order valence-corrected chi connectivity index (χ1v) is 9.12. The molecule has 0 bridgehead atoms. The highest BCUT2D eigenvalue weighted by molar-refractivity contribution is 6.35. The number of nitrogens with one attached hydrogen (secondary N) is 1. The molecule has 1 atom stereocenters. The van der Waals surface area contributed by atoms with E-state index in [-0.39, 0.29) is 28.9 Å². The number of halogens is 1. The van der Waals surface area contributed by atoms with Crippen molar-refractivity contribution in [1.82, 2.24) is 4.57 Å².